The van der Waals surface area contributed by atoms with Gasteiger partial charge < -0.3 is 19.2 Å². The molecule has 0 bridgehead atoms. The Hall–Kier alpha value is -3.75. The predicted molar refractivity (Wildman–Crippen MR) is 117 cm³/mol. The van der Waals surface area contributed by atoms with Gasteiger partial charge in [-0.3, -0.25) is 14.0 Å². The Balaban J connectivity index is 1.43. The van der Waals surface area contributed by atoms with Crippen LogP contribution in [0.3, 0.4) is 0 Å². The van der Waals surface area contributed by atoms with Crippen molar-refractivity contribution in [2.45, 2.75) is 39.3 Å². The summed E-state index contributed by atoms with van der Waals surface area (Å²) in [5.74, 6) is 1.73. The number of hydrogen-bond donors (Lipinski definition) is 1. The topological polar surface area (TPSA) is 100 Å². The first-order chi connectivity index (χ1) is 15.5. The minimum atomic E-state index is -0.793. The molecule has 1 aromatic carbocycles. The third-order valence-electron chi connectivity index (χ3n) is 5.82. The van der Waals surface area contributed by atoms with Crippen LogP contribution in [0.25, 0.3) is 16.6 Å². The molecule has 0 spiro atoms. The molecule has 4 aromatic rings. The molecule has 9 heteroatoms. The fourth-order valence-electron chi connectivity index (χ4n) is 4.04. The molecule has 9 nitrogen and oxygen atoms in total. The number of ether oxygens (including phenoxy) is 2. The summed E-state index contributed by atoms with van der Waals surface area (Å²) in [4.78, 5) is 26.2. The average Bonchev–Trinajstić information content (AvgIpc) is 3.41. The largest absolute Gasteiger partial charge is 0.486 e. The lowest BCUT2D eigenvalue weighted by Crippen LogP contribution is -2.39. The molecule has 0 unspecified atom stereocenters. The van der Waals surface area contributed by atoms with E-state index in [1.54, 1.807) is 29.7 Å². The summed E-state index contributed by atoms with van der Waals surface area (Å²) in [6, 6.07) is 8.01. The van der Waals surface area contributed by atoms with Crippen molar-refractivity contribution in [1.82, 2.24) is 19.5 Å². The Kier molecular flexibility index (Phi) is 4.88. The Morgan fingerprint density at radius 1 is 1.12 bits per heavy atom. The van der Waals surface area contributed by atoms with Gasteiger partial charge in [0.2, 0.25) is 5.91 Å². The fourth-order valence-corrected chi connectivity index (χ4v) is 4.04. The number of nitrogens with one attached hydrogen (secondary N) is 1. The third-order valence-corrected chi connectivity index (χ3v) is 5.82. The van der Waals surface area contributed by atoms with Crippen molar-refractivity contribution >= 4 is 22.5 Å². The van der Waals surface area contributed by atoms with Gasteiger partial charge in [0.05, 0.1) is 17.8 Å². The summed E-state index contributed by atoms with van der Waals surface area (Å²) in [5.41, 5.74) is 2.37. The smallest absolute Gasteiger partial charge is 0.291 e. The van der Waals surface area contributed by atoms with Crippen molar-refractivity contribution in [3.8, 4) is 11.5 Å². The number of rotatable bonds is 5. The van der Waals surface area contributed by atoms with E-state index in [4.69, 9.17) is 13.9 Å². The molecule has 4 heterocycles. The van der Waals surface area contributed by atoms with Crippen molar-refractivity contribution in [1.29, 1.82) is 0 Å². The second-order valence-electron chi connectivity index (χ2n) is 7.86. The first-order valence-corrected chi connectivity index (χ1v) is 10.7. The predicted octanol–water partition coefficient (Wildman–Crippen LogP) is 3.01. The van der Waals surface area contributed by atoms with Crippen LogP contribution in [0, 0.1) is 0 Å². The second kappa shape index (κ2) is 7.74. The second-order valence-corrected chi connectivity index (χ2v) is 7.86. The molecule has 0 saturated carbocycles. The van der Waals surface area contributed by atoms with Gasteiger partial charge in [-0.1, -0.05) is 13.0 Å². The van der Waals surface area contributed by atoms with E-state index < -0.39 is 6.04 Å². The number of amides is 1. The van der Waals surface area contributed by atoms with Gasteiger partial charge in [-0.05, 0) is 31.5 Å². The normalized spacial score (nSPS) is 15.1. The fraction of sp³-hybridized carbons (Fsp3) is 0.348. The van der Waals surface area contributed by atoms with Crippen LogP contribution < -0.4 is 20.3 Å². The van der Waals surface area contributed by atoms with Crippen molar-refractivity contribution in [3.63, 3.8) is 0 Å². The minimum Gasteiger partial charge on any atom is -0.486 e. The zero-order valence-corrected chi connectivity index (χ0v) is 18.1. The van der Waals surface area contributed by atoms with Gasteiger partial charge in [-0.25, -0.2) is 4.68 Å². The van der Waals surface area contributed by atoms with Crippen LogP contribution in [0.15, 0.2) is 45.8 Å². The van der Waals surface area contributed by atoms with Crippen LogP contribution >= 0.6 is 0 Å². The molecule has 1 N–H and O–H groups in total. The lowest BCUT2D eigenvalue weighted by molar-refractivity contribution is -0.124. The maximum Gasteiger partial charge on any atom is 0.291 e. The van der Waals surface area contributed by atoms with Gasteiger partial charge >= 0.3 is 0 Å². The van der Waals surface area contributed by atoms with Crippen molar-refractivity contribution in [2.75, 3.05) is 13.2 Å². The Morgan fingerprint density at radius 2 is 1.91 bits per heavy atom. The number of aryl methyl sites for hydroxylation is 1. The molecule has 1 aliphatic heterocycles. The first-order valence-electron chi connectivity index (χ1n) is 10.7. The van der Waals surface area contributed by atoms with Gasteiger partial charge in [0, 0.05) is 18.6 Å². The SMILES string of the molecule is CCc1nn([C@@H](C)C(=O)N[C@@H](C)c2ccc3c(c2)OCCO3)c(=O)c2cc3occc3n12. The van der Waals surface area contributed by atoms with Gasteiger partial charge in [-0.15, -0.1) is 0 Å². The Morgan fingerprint density at radius 3 is 2.69 bits per heavy atom. The number of fused-ring (bicyclic) bond motifs is 4. The summed E-state index contributed by atoms with van der Waals surface area (Å²) < 4.78 is 19.7. The van der Waals surface area contributed by atoms with Gasteiger partial charge in [0.1, 0.15) is 30.6 Å². The van der Waals surface area contributed by atoms with E-state index in [2.05, 4.69) is 10.4 Å². The highest BCUT2D eigenvalue weighted by molar-refractivity contribution is 5.83. The molecule has 32 heavy (non-hydrogen) atoms. The van der Waals surface area contributed by atoms with E-state index in [-0.39, 0.29) is 17.5 Å². The van der Waals surface area contributed by atoms with Gasteiger partial charge in [0.15, 0.2) is 17.1 Å². The summed E-state index contributed by atoms with van der Waals surface area (Å²) in [6.45, 7) is 6.53. The Bertz CT molecular complexity index is 1380. The molecule has 3 aromatic heterocycles. The molecule has 0 fully saturated rings. The van der Waals surface area contributed by atoms with E-state index in [0.29, 0.717) is 48.1 Å². The van der Waals surface area contributed by atoms with Crippen LogP contribution in [0.5, 0.6) is 11.5 Å². The highest BCUT2D eigenvalue weighted by atomic mass is 16.6. The number of carbonyl (C=O) groups is 1. The van der Waals surface area contributed by atoms with Crippen LogP contribution in [0.4, 0.5) is 0 Å². The minimum absolute atomic E-state index is 0.290. The molecule has 166 valence electrons. The van der Waals surface area contributed by atoms with Crippen LogP contribution in [0.2, 0.25) is 0 Å². The van der Waals surface area contributed by atoms with E-state index in [1.165, 1.54) is 4.68 Å². The number of carbonyl (C=O) groups excluding carboxylic acids is 1. The lowest BCUT2D eigenvalue weighted by atomic mass is 10.1. The van der Waals surface area contributed by atoms with Crippen LogP contribution in [-0.4, -0.2) is 33.3 Å². The third kappa shape index (κ3) is 3.21. The van der Waals surface area contributed by atoms with Crippen molar-refractivity contribution < 1.29 is 18.7 Å². The van der Waals surface area contributed by atoms with Gasteiger partial charge in [-0.2, -0.15) is 5.10 Å². The van der Waals surface area contributed by atoms with Crippen LogP contribution in [0.1, 0.15) is 44.2 Å². The van der Waals surface area contributed by atoms with E-state index in [1.807, 2.05) is 32.0 Å². The average molecular weight is 436 g/mol. The number of aromatic nitrogens is 3. The number of furan rings is 1. The Labute approximate surface area is 183 Å². The van der Waals surface area contributed by atoms with Crippen molar-refractivity contribution in [2.24, 2.45) is 0 Å². The molecule has 5 rings (SSSR count). The highest BCUT2D eigenvalue weighted by Gasteiger charge is 2.24. The summed E-state index contributed by atoms with van der Waals surface area (Å²) in [7, 11) is 0. The zero-order chi connectivity index (χ0) is 22.4. The molecule has 0 aliphatic carbocycles. The quantitative estimate of drug-likeness (QED) is 0.516. The zero-order valence-electron chi connectivity index (χ0n) is 18.1. The molecule has 0 saturated heterocycles. The first kappa shape index (κ1) is 20.2. The molecular weight excluding hydrogens is 412 g/mol. The molecular formula is C23H24N4O5. The maximum absolute atomic E-state index is 13.2. The van der Waals surface area contributed by atoms with Crippen LogP contribution in [-0.2, 0) is 11.2 Å². The number of nitrogens with zero attached hydrogens (tertiary/aromatic N) is 3. The van der Waals surface area contributed by atoms with E-state index in [9.17, 15) is 9.59 Å². The molecule has 1 amide bonds. The molecule has 2 atom stereocenters. The summed E-state index contributed by atoms with van der Waals surface area (Å²) in [5, 5.41) is 7.48. The number of benzene rings is 1. The van der Waals surface area contributed by atoms with E-state index in [0.717, 1.165) is 11.1 Å². The number of hydrogen-bond acceptors (Lipinski definition) is 6. The van der Waals surface area contributed by atoms with Crippen molar-refractivity contribution in [3.05, 3.63) is 58.3 Å². The maximum atomic E-state index is 13.2. The van der Waals surface area contributed by atoms with E-state index >= 15 is 0 Å². The standard InChI is InChI=1S/C23H24N4O5/c1-4-21-25-27(23(29)17-12-19-16(26(17)21)7-8-30-19)14(3)22(28)24-13(2)15-5-6-18-20(11-15)32-10-9-31-18/h5-8,11-14H,4,9-10H2,1-3H3,(H,24,28)/t13-,14-/m0/s1. The summed E-state index contributed by atoms with van der Waals surface area (Å²) >= 11 is 0. The summed E-state index contributed by atoms with van der Waals surface area (Å²) in [6.07, 6.45) is 2.17. The lowest BCUT2D eigenvalue weighted by Gasteiger charge is -2.22. The molecule has 1 aliphatic rings. The highest BCUT2D eigenvalue weighted by Crippen LogP contribution is 2.32. The monoisotopic (exact) mass is 436 g/mol. The van der Waals surface area contributed by atoms with Gasteiger partial charge in [0.25, 0.3) is 5.56 Å². The molecule has 0 radical (unpaired) electrons.